The molecule has 5 nitrogen and oxygen atoms in total. The van der Waals surface area contributed by atoms with Gasteiger partial charge in [-0.05, 0) is 17.7 Å². The van der Waals surface area contributed by atoms with Gasteiger partial charge < -0.3 is 4.42 Å². The molecule has 4 aromatic rings. The van der Waals surface area contributed by atoms with Gasteiger partial charge in [-0.3, -0.25) is 4.79 Å². The predicted octanol–water partition coefficient (Wildman–Crippen LogP) is 4.79. The van der Waals surface area contributed by atoms with Gasteiger partial charge in [0.25, 0.3) is 0 Å². The summed E-state index contributed by atoms with van der Waals surface area (Å²) in [5.41, 5.74) is 1.07. The minimum atomic E-state index is -1.19. The van der Waals surface area contributed by atoms with Gasteiger partial charge in [0.05, 0.1) is 12.0 Å². The number of aromatic nitrogens is 2. The van der Waals surface area contributed by atoms with Crippen LogP contribution < -0.4 is 0 Å². The number of rotatable bonds is 5. The van der Waals surface area contributed by atoms with Crippen molar-refractivity contribution in [3.63, 3.8) is 0 Å². The molecular weight excluding hydrogens is 374 g/mol. The first-order chi connectivity index (χ1) is 14.8. The summed E-state index contributed by atoms with van der Waals surface area (Å²) in [7, 11) is 0. The lowest BCUT2D eigenvalue weighted by atomic mass is 9.98. The first-order valence-electron chi connectivity index (χ1n) is 9.70. The lowest BCUT2D eigenvalue weighted by Crippen LogP contribution is -2.14. The van der Waals surface area contributed by atoms with Crippen LogP contribution in [-0.2, 0) is 5.41 Å². The molecule has 1 fully saturated rings. The third-order valence-corrected chi connectivity index (χ3v) is 5.69. The molecule has 0 saturated heterocycles. The zero-order valence-electron chi connectivity index (χ0n) is 16.0. The Morgan fingerprint density at radius 1 is 0.867 bits per heavy atom. The monoisotopic (exact) mass is 391 g/mol. The van der Waals surface area contributed by atoms with Crippen molar-refractivity contribution in [3.8, 4) is 17.5 Å². The Hall–Kier alpha value is -4.04. The Morgan fingerprint density at radius 2 is 1.47 bits per heavy atom. The van der Waals surface area contributed by atoms with E-state index in [4.69, 9.17) is 4.42 Å². The van der Waals surface area contributed by atoms with Crippen LogP contribution in [0.2, 0.25) is 0 Å². The van der Waals surface area contributed by atoms with Gasteiger partial charge in [-0.15, -0.1) is 10.2 Å². The van der Waals surface area contributed by atoms with Gasteiger partial charge >= 0.3 is 0 Å². The number of carbonyl (C=O) groups excluding carboxylic acids is 1. The van der Waals surface area contributed by atoms with Gasteiger partial charge in [-0.1, -0.05) is 78.9 Å². The zero-order chi connectivity index (χ0) is 20.6. The van der Waals surface area contributed by atoms with Crippen molar-refractivity contribution >= 4 is 5.78 Å². The topological polar surface area (TPSA) is 79.8 Å². The Labute approximate surface area is 173 Å². The van der Waals surface area contributed by atoms with E-state index in [-0.39, 0.29) is 17.6 Å². The van der Waals surface area contributed by atoms with E-state index in [2.05, 4.69) is 16.3 Å². The molecule has 1 heterocycles. The molecule has 1 aliphatic rings. The number of nitriles is 1. The highest BCUT2D eigenvalue weighted by Gasteiger charge is 2.73. The normalized spacial score (nSPS) is 22.2. The van der Waals surface area contributed by atoms with Gasteiger partial charge in [-0.2, -0.15) is 5.26 Å². The molecule has 0 amide bonds. The van der Waals surface area contributed by atoms with E-state index in [9.17, 15) is 10.1 Å². The van der Waals surface area contributed by atoms with E-state index in [0.29, 0.717) is 11.5 Å². The van der Waals surface area contributed by atoms with Gasteiger partial charge in [0.15, 0.2) is 11.2 Å². The molecule has 0 radical (unpaired) electrons. The summed E-state index contributed by atoms with van der Waals surface area (Å²) in [4.78, 5) is 13.4. The van der Waals surface area contributed by atoms with Crippen molar-refractivity contribution in [1.29, 1.82) is 5.26 Å². The van der Waals surface area contributed by atoms with E-state index in [1.165, 1.54) is 0 Å². The van der Waals surface area contributed by atoms with Crippen molar-refractivity contribution in [2.75, 3.05) is 0 Å². The van der Waals surface area contributed by atoms with Crippen LogP contribution in [0.1, 0.15) is 27.7 Å². The van der Waals surface area contributed by atoms with Crippen molar-refractivity contribution in [2.24, 2.45) is 5.92 Å². The summed E-state index contributed by atoms with van der Waals surface area (Å²) in [6.45, 7) is 0. The highest BCUT2D eigenvalue weighted by atomic mass is 16.4. The quantitative estimate of drug-likeness (QED) is 0.457. The van der Waals surface area contributed by atoms with Crippen LogP contribution in [0, 0.1) is 17.2 Å². The van der Waals surface area contributed by atoms with Crippen molar-refractivity contribution < 1.29 is 9.21 Å². The summed E-state index contributed by atoms with van der Waals surface area (Å²) >= 11 is 0. The number of ketones is 1. The molecule has 0 bridgehead atoms. The van der Waals surface area contributed by atoms with Gasteiger partial charge in [-0.25, -0.2) is 0 Å². The Bertz CT molecular complexity index is 1230. The molecule has 0 spiro atoms. The van der Waals surface area contributed by atoms with Gasteiger partial charge in [0, 0.05) is 17.0 Å². The minimum absolute atomic E-state index is 0.0922. The van der Waals surface area contributed by atoms with Crippen molar-refractivity contribution in [2.45, 2.75) is 11.3 Å². The van der Waals surface area contributed by atoms with Crippen LogP contribution >= 0.6 is 0 Å². The van der Waals surface area contributed by atoms with Crippen molar-refractivity contribution in [1.82, 2.24) is 10.2 Å². The Morgan fingerprint density at radius 3 is 2.10 bits per heavy atom. The minimum Gasteiger partial charge on any atom is -0.419 e. The van der Waals surface area contributed by atoms with E-state index in [1.54, 1.807) is 12.1 Å². The molecular formula is C25H17N3O2. The predicted molar refractivity (Wildman–Crippen MR) is 110 cm³/mol. The second-order valence-corrected chi connectivity index (χ2v) is 7.36. The molecule has 30 heavy (non-hydrogen) atoms. The first kappa shape index (κ1) is 18.0. The molecule has 0 aliphatic heterocycles. The Kier molecular flexibility index (Phi) is 4.26. The molecule has 5 heteroatoms. The Balaban J connectivity index is 1.60. The number of nitrogens with zero attached hydrogens (tertiary/aromatic N) is 3. The fraction of sp³-hybridized carbons (Fsp3) is 0.120. The fourth-order valence-electron chi connectivity index (χ4n) is 4.18. The van der Waals surface area contributed by atoms with Crippen LogP contribution in [0.15, 0.2) is 95.4 Å². The third kappa shape index (κ3) is 2.73. The maximum Gasteiger partial charge on any atom is 0.247 e. The molecule has 1 saturated carbocycles. The largest absolute Gasteiger partial charge is 0.419 e. The average molecular weight is 391 g/mol. The molecule has 0 N–H and O–H groups in total. The van der Waals surface area contributed by atoms with E-state index in [1.807, 2.05) is 78.9 Å². The molecule has 3 aromatic carbocycles. The maximum absolute atomic E-state index is 13.4. The molecule has 1 aromatic heterocycles. The molecule has 1 aliphatic carbocycles. The number of carbonyl (C=O) groups is 1. The SMILES string of the molecule is N#C[C@@]1(c2nnc(-c3ccccc3)o2)[C@H](C(=O)c2ccccc2)[C@H]1c1ccccc1. The highest BCUT2D eigenvalue weighted by Crippen LogP contribution is 2.66. The van der Waals surface area contributed by atoms with E-state index < -0.39 is 11.3 Å². The summed E-state index contributed by atoms with van der Waals surface area (Å²) in [6.07, 6.45) is 0. The van der Waals surface area contributed by atoms with Crippen LogP contribution in [-0.4, -0.2) is 16.0 Å². The number of hydrogen-bond acceptors (Lipinski definition) is 5. The number of Topliss-reactive ketones (excluding diaryl/α,β-unsaturated/α-hetero) is 1. The van der Waals surface area contributed by atoms with E-state index in [0.717, 1.165) is 11.1 Å². The lowest BCUT2D eigenvalue weighted by molar-refractivity contribution is 0.0957. The standard InChI is InChI=1S/C25H17N3O2/c26-16-25(24-28-27-23(30-24)19-14-8-3-9-15-19)20(17-10-4-1-5-11-17)21(25)22(29)18-12-6-2-7-13-18/h1-15,20-21H/t20-,21+,25+/m1/s1. The second kappa shape index (κ2) is 7.09. The molecule has 0 unspecified atom stereocenters. The second-order valence-electron chi connectivity index (χ2n) is 7.36. The summed E-state index contributed by atoms with van der Waals surface area (Å²) in [6, 6.07) is 30.4. The van der Waals surface area contributed by atoms with Crippen LogP contribution in [0.25, 0.3) is 11.5 Å². The van der Waals surface area contributed by atoms with Crippen LogP contribution in [0.5, 0.6) is 0 Å². The number of benzene rings is 3. The molecule has 3 atom stereocenters. The third-order valence-electron chi connectivity index (χ3n) is 5.69. The summed E-state index contributed by atoms with van der Waals surface area (Å²) in [5.74, 6) is -0.501. The lowest BCUT2D eigenvalue weighted by Gasteiger charge is -2.04. The first-order valence-corrected chi connectivity index (χ1v) is 9.70. The number of hydrogen-bond donors (Lipinski definition) is 0. The summed E-state index contributed by atoms with van der Waals surface area (Å²) < 4.78 is 5.96. The van der Waals surface area contributed by atoms with Crippen LogP contribution in [0.3, 0.4) is 0 Å². The zero-order valence-corrected chi connectivity index (χ0v) is 16.0. The molecule has 5 rings (SSSR count). The van der Waals surface area contributed by atoms with Crippen molar-refractivity contribution in [3.05, 3.63) is 108 Å². The van der Waals surface area contributed by atoms with Crippen LogP contribution in [0.4, 0.5) is 0 Å². The van der Waals surface area contributed by atoms with Gasteiger partial charge in [0.1, 0.15) is 0 Å². The average Bonchev–Trinajstić information content (AvgIpc) is 3.25. The van der Waals surface area contributed by atoms with Gasteiger partial charge in [0.2, 0.25) is 11.8 Å². The highest BCUT2D eigenvalue weighted by molar-refractivity contribution is 6.03. The molecule has 144 valence electrons. The van der Waals surface area contributed by atoms with E-state index >= 15 is 0 Å². The fourth-order valence-corrected chi connectivity index (χ4v) is 4.18. The smallest absolute Gasteiger partial charge is 0.247 e. The summed E-state index contributed by atoms with van der Waals surface area (Å²) in [5, 5.41) is 18.6. The maximum atomic E-state index is 13.4.